The van der Waals surface area contributed by atoms with Crippen molar-refractivity contribution >= 4 is 46.5 Å². The summed E-state index contributed by atoms with van der Waals surface area (Å²) in [7, 11) is 0. The molecule has 14 nitrogen and oxygen atoms in total. The number of carbonyl (C=O) groups is 6. The zero-order chi connectivity index (χ0) is 30.7. The molecule has 4 unspecified atom stereocenters. The normalized spacial score (nSPS) is 14.0. The van der Waals surface area contributed by atoms with E-state index >= 15 is 0 Å². The monoisotopic (exact) mass is 574 g/mol. The van der Waals surface area contributed by atoms with Crippen LogP contribution < -0.4 is 27.4 Å². The summed E-state index contributed by atoms with van der Waals surface area (Å²) in [5, 5.41) is 26.5. The van der Waals surface area contributed by atoms with Crippen molar-refractivity contribution in [3.05, 3.63) is 36.0 Å². The Morgan fingerprint density at radius 3 is 2.05 bits per heavy atom. The van der Waals surface area contributed by atoms with Crippen LogP contribution in [0.2, 0.25) is 0 Å². The van der Waals surface area contributed by atoms with E-state index in [2.05, 4.69) is 20.9 Å². The summed E-state index contributed by atoms with van der Waals surface area (Å²) in [6, 6.07) is 2.30. The van der Waals surface area contributed by atoms with Gasteiger partial charge >= 0.3 is 11.9 Å². The third-order valence-corrected chi connectivity index (χ3v) is 6.37. The topological polar surface area (TPSA) is 247 Å². The van der Waals surface area contributed by atoms with Gasteiger partial charge in [-0.1, -0.05) is 32.0 Å². The van der Waals surface area contributed by atoms with E-state index in [1.807, 2.05) is 38.1 Å². The maximum atomic E-state index is 13.5. The second-order valence-electron chi connectivity index (χ2n) is 10.3. The van der Waals surface area contributed by atoms with Crippen LogP contribution in [0, 0.1) is 5.92 Å². The van der Waals surface area contributed by atoms with Crippen LogP contribution in [0.15, 0.2) is 30.5 Å². The maximum Gasteiger partial charge on any atom is 0.326 e. The Bertz CT molecular complexity index is 1260. The molecule has 0 aliphatic heterocycles. The lowest BCUT2D eigenvalue weighted by Gasteiger charge is -2.25. The summed E-state index contributed by atoms with van der Waals surface area (Å²) in [6.45, 7) is 3.79. The van der Waals surface area contributed by atoms with E-state index < -0.39 is 72.6 Å². The largest absolute Gasteiger partial charge is 0.481 e. The van der Waals surface area contributed by atoms with Crippen LogP contribution in [0.1, 0.15) is 51.5 Å². The number of nitrogens with two attached hydrogens (primary N) is 2. The van der Waals surface area contributed by atoms with E-state index in [0.717, 1.165) is 10.9 Å². The van der Waals surface area contributed by atoms with Crippen LogP contribution in [0.5, 0.6) is 0 Å². The molecule has 0 fully saturated rings. The van der Waals surface area contributed by atoms with E-state index in [1.165, 1.54) is 0 Å². The summed E-state index contributed by atoms with van der Waals surface area (Å²) in [5.74, 6) is -5.67. The molecule has 1 aromatic carbocycles. The van der Waals surface area contributed by atoms with Gasteiger partial charge in [-0.3, -0.25) is 24.0 Å². The van der Waals surface area contributed by atoms with Gasteiger partial charge in [-0.05, 0) is 36.8 Å². The molecule has 0 radical (unpaired) electrons. The number of carboxylic acids is 2. The summed E-state index contributed by atoms with van der Waals surface area (Å²) in [5.41, 5.74) is 12.8. The van der Waals surface area contributed by atoms with E-state index in [9.17, 15) is 33.9 Å². The van der Waals surface area contributed by atoms with Gasteiger partial charge in [-0.25, -0.2) is 4.79 Å². The number of aliphatic carboxylic acids is 2. The molecular formula is C27H38N6O8. The van der Waals surface area contributed by atoms with Gasteiger partial charge < -0.3 is 42.6 Å². The van der Waals surface area contributed by atoms with Crippen LogP contribution in [0.25, 0.3) is 10.9 Å². The minimum atomic E-state index is -1.55. The number of benzene rings is 1. The molecule has 1 aromatic heterocycles. The van der Waals surface area contributed by atoms with Gasteiger partial charge in [0.25, 0.3) is 0 Å². The second kappa shape index (κ2) is 15.4. The van der Waals surface area contributed by atoms with Crippen molar-refractivity contribution in [3.8, 4) is 0 Å². The molecule has 2 rings (SSSR count). The first-order chi connectivity index (χ1) is 19.3. The molecule has 1 heterocycles. The van der Waals surface area contributed by atoms with Gasteiger partial charge in [0.1, 0.15) is 18.1 Å². The molecule has 0 aliphatic rings. The molecular weight excluding hydrogens is 536 g/mol. The van der Waals surface area contributed by atoms with Gasteiger partial charge in [0.2, 0.25) is 23.6 Å². The highest BCUT2D eigenvalue weighted by Gasteiger charge is 2.31. The van der Waals surface area contributed by atoms with Crippen molar-refractivity contribution in [3.63, 3.8) is 0 Å². The number of carboxylic acid groups (broad SMARTS) is 2. The van der Waals surface area contributed by atoms with Crippen molar-refractivity contribution in [2.75, 3.05) is 0 Å². The first-order valence-electron chi connectivity index (χ1n) is 13.2. The smallest absolute Gasteiger partial charge is 0.326 e. The van der Waals surface area contributed by atoms with Crippen molar-refractivity contribution in [1.82, 2.24) is 20.9 Å². The van der Waals surface area contributed by atoms with Gasteiger partial charge in [0.05, 0.1) is 6.04 Å². The standard InChI is InChI=1S/C27H38N6O8/c1-14(2)11-17(28)24(37)33-21(12-15-13-30-18-6-4-3-5-16(15)18)26(39)31-19(7-9-22(29)34)25(38)32-20(27(40)41)8-10-23(35)36/h3-6,13-14,17,19-21,30H,7-12,28H2,1-2H3,(H2,29,34)(H,31,39)(H,32,38)(H,33,37)(H,35,36)(H,40,41). The zero-order valence-corrected chi connectivity index (χ0v) is 23.0. The number of para-hydroxylation sites is 1. The van der Waals surface area contributed by atoms with Crippen LogP contribution in [0.3, 0.4) is 0 Å². The zero-order valence-electron chi connectivity index (χ0n) is 23.0. The summed E-state index contributed by atoms with van der Waals surface area (Å²) >= 11 is 0. The Balaban J connectivity index is 2.31. The van der Waals surface area contributed by atoms with E-state index in [4.69, 9.17) is 16.6 Å². The summed E-state index contributed by atoms with van der Waals surface area (Å²) in [4.78, 5) is 76.4. The van der Waals surface area contributed by atoms with E-state index in [1.54, 1.807) is 6.20 Å². The fourth-order valence-electron chi connectivity index (χ4n) is 4.25. The number of H-pyrrole nitrogens is 1. The quantitative estimate of drug-likeness (QED) is 0.124. The molecule has 224 valence electrons. The Labute approximate surface area is 236 Å². The Hall–Kier alpha value is -4.46. The molecule has 0 bridgehead atoms. The maximum absolute atomic E-state index is 13.5. The Morgan fingerprint density at radius 2 is 1.44 bits per heavy atom. The first-order valence-corrected chi connectivity index (χ1v) is 13.2. The highest BCUT2D eigenvalue weighted by molar-refractivity contribution is 5.95. The fraction of sp³-hybridized carbons (Fsp3) is 0.481. The summed E-state index contributed by atoms with van der Waals surface area (Å²) in [6.07, 6.45) is 0.580. The number of hydrogen-bond donors (Lipinski definition) is 8. The fourth-order valence-corrected chi connectivity index (χ4v) is 4.25. The molecule has 2 aromatic rings. The van der Waals surface area contributed by atoms with Gasteiger partial charge in [-0.15, -0.1) is 0 Å². The minimum Gasteiger partial charge on any atom is -0.481 e. The van der Waals surface area contributed by atoms with Crippen LogP contribution in [-0.2, 0) is 35.2 Å². The van der Waals surface area contributed by atoms with Gasteiger partial charge in [0, 0.05) is 36.4 Å². The predicted octanol–water partition coefficient (Wildman–Crippen LogP) is -0.247. The van der Waals surface area contributed by atoms with Gasteiger partial charge in [-0.2, -0.15) is 0 Å². The third-order valence-electron chi connectivity index (χ3n) is 6.37. The minimum absolute atomic E-state index is 0.0243. The number of aromatic amines is 1. The lowest BCUT2D eigenvalue weighted by Crippen LogP contribution is -2.57. The Kier molecular flexibility index (Phi) is 12.3. The first kappa shape index (κ1) is 32.8. The lowest BCUT2D eigenvalue weighted by molar-refractivity contribution is -0.143. The van der Waals surface area contributed by atoms with Crippen molar-refractivity contribution in [2.45, 2.75) is 76.5 Å². The lowest BCUT2D eigenvalue weighted by atomic mass is 10.0. The SMILES string of the molecule is CC(C)CC(N)C(=O)NC(Cc1c[nH]c2ccccc12)C(=O)NC(CCC(N)=O)C(=O)NC(CCC(=O)O)C(=O)O. The average Bonchev–Trinajstić information content (AvgIpc) is 3.30. The highest BCUT2D eigenvalue weighted by atomic mass is 16.4. The number of hydrogen-bond acceptors (Lipinski definition) is 7. The number of carbonyl (C=O) groups excluding carboxylic acids is 4. The molecule has 0 saturated carbocycles. The molecule has 14 heteroatoms. The predicted molar refractivity (Wildman–Crippen MR) is 148 cm³/mol. The number of primary amides is 1. The molecule has 4 atom stereocenters. The van der Waals surface area contributed by atoms with Crippen LogP contribution in [-0.4, -0.2) is 74.9 Å². The second-order valence-corrected chi connectivity index (χ2v) is 10.3. The van der Waals surface area contributed by atoms with Crippen LogP contribution >= 0.6 is 0 Å². The summed E-state index contributed by atoms with van der Waals surface area (Å²) < 4.78 is 0. The van der Waals surface area contributed by atoms with E-state index in [-0.39, 0.29) is 25.2 Å². The highest BCUT2D eigenvalue weighted by Crippen LogP contribution is 2.19. The molecule has 0 saturated heterocycles. The van der Waals surface area contributed by atoms with E-state index in [0.29, 0.717) is 12.0 Å². The van der Waals surface area contributed by atoms with Gasteiger partial charge in [0.15, 0.2) is 0 Å². The molecule has 4 amide bonds. The molecule has 10 N–H and O–H groups in total. The molecule has 41 heavy (non-hydrogen) atoms. The number of aromatic nitrogens is 1. The van der Waals surface area contributed by atoms with Crippen LogP contribution in [0.4, 0.5) is 0 Å². The number of rotatable bonds is 17. The van der Waals surface area contributed by atoms with Crippen molar-refractivity contribution in [1.29, 1.82) is 0 Å². The Morgan fingerprint density at radius 1 is 0.854 bits per heavy atom. The average molecular weight is 575 g/mol. The number of nitrogens with one attached hydrogen (secondary N) is 4. The number of fused-ring (bicyclic) bond motifs is 1. The number of amides is 4. The molecule has 0 spiro atoms. The van der Waals surface area contributed by atoms with Crippen molar-refractivity contribution in [2.24, 2.45) is 17.4 Å². The third kappa shape index (κ3) is 10.6. The molecule has 0 aliphatic carbocycles. The van der Waals surface area contributed by atoms with Crippen molar-refractivity contribution < 1.29 is 39.0 Å².